The van der Waals surface area contributed by atoms with Crippen molar-refractivity contribution in [3.8, 4) is 22.9 Å². The van der Waals surface area contributed by atoms with Crippen LogP contribution in [-0.4, -0.2) is 10.2 Å². The number of aryl methyl sites for hydroxylation is 1. The molecule has 3 nitrogen and oxygen atoms in total. The quantitative estimate of drug-likeness (QED) is 0.704. The number of rotatable bonds is 3. The van der Waals surface area contributed by atoms with E-state index in [0.29, 0.717) is 16.8 Å². The standard InChI is InChI=1S/C16H13ClN2O/c1-2-11-3-5-12(6-4-11)15-18-19-16(20-15)13-7-9-14(17)10-8-13/h3-10H,2H2,1H3. The maximum absolute atomic E-state index is 5.86. The van der Waals surface area contributed by atoms with Gasteiger partial charge in [-0.15, -0.1) is 10.2 Å². The van der Waals surface area contributed by atoms with Gasteiger partial charge in [0.15, 0.2) is 0 Å². The number of aromatic nitrogens is 2. The molecule has 2 aromatic carbocycles. The lowest BCUT2D eigenvalue weighted by Crippen LogP contribution is -1.81. The summed E-state index contributed by atoms with van der Waals surface area (Å²) in [6.45, 7) is 2.13. The van der Waals surface area contributed by atoms with E-state index >= 15 is 0 Å². The predicted octanol–water partition coefficient (Wildman–Crippen LogP) is 4.62. The molecule has 0 aliphatic heterocycles. The number of nitrogens with zero attached hydrogens (tertiary/aromatic N) is 2. The molecule has 0 amide bonds. The summed E-state index contributed by atoms with van der Waals surface area (Å²) in [6, 6.07) is 15.5. The van der Waals surface area contributed by atoms with Crippen LogP contribution in [0.3, 0.4) is 0 Å². The molecule has 20 heavy (non-hydrogen) atoms. The highest BCUT2D eigenvalue weighted by atomic mass is 35.5. The van der Waals surface area contributed by atoms with E-state index in [0.717, 1.165) is 17.5 Å². The normalized spacial score (nSPS) is 10.7. The number of hydrogen-bond acceptors (Lipinski definition) is 3. The summed E-state index contributed by atoms with van der Waals surface area (Å²) in [6.07, 6.45) is 1.01. The Hall–Kier alpha value is -2.13. The van der Waals surface area contributed by atoms with E-state index in [9.17, 15) is 0 Å². The Labute approximate surface area is 122 Å². The Balaban J connectivity index is 1.91. The smallest absolute Gasteiger partial charge is 0.248 e. The fourth-order valence-corrected chi connectivity index (χ4v) is 2.06. The minimum atomic E-state index is 0.497. The van der Waals surface area contributed by atoms with Gasteiger partial charge in [0.1, 0.15) is 0 Å². The zero-order chi connectivity index (χ0) is 13.9. The second-order valence-corrected chi connectivity index (χ2v) is 4.91. The predicted molar refractivity (Wildman–Crippen MR) is 79.6 cm³/mol. The van der Waals surface area contributed by atoms with Crippen molar-refractivity contribution in [2.75, 3.05) is 0 Å². The maximum atomic E-state index is 5.86. The SMILES string of the molecule is CCc1ccc(-c2nnc(-c3ccc(Cl)cc3)o2)cc1. The van der Waals surface area contributed by atoms with Gasteiger partial charge in [-0.2, -0.15) is 0 Å². The molecule has 0 N–H and O–H groups in total. The van der Waals surface area contributed by atoms with Crippen molar-refractivity contribution >= 4 is 11.6 Å². The zero-order valence-electron chi connectivity index (χ0n) is 11.0. The lowest BCUT2D eigenvalue weighted by atomic mass is 10.1. The molecular formula is C16H13ClN2O. The van der Waals surface area contributed by atoms with E-state index in [1.165, 1.54) is 5.56 Å². The van der Waals surface area contributed by atoms with Crippen LogP contribution in [0.1, 0.15) is 12.5 Å². The minimum Gasteiger partial charge on any atom is -0.416 e. The average Bonchev–Trinajstić information content (AvgIpc) is 2.98. The molecule has 1 heterocycles. The van der Waals surface area contributed by atoms with E-state index in [1.807, 2.05) is 24.3 Å². The maximum Gasteiger partial charge on any atom is 0.248 e. The van der Waals surface area contributed by atoms with Crippen LogP contribution in [-0.2, 0) is 6.42 Å². The molecule has 0 fully saturated rings. The van der Waals surface area contributed by atoms with Gasteiger partial charge >= 0.3 is 0 Å². The largest absolute Gasteiger partial charge is 0.416 e. The fourth-order valence-electron chi connectivity index (χ4n) is 1.93. The van der Waals surface area contributed by atoms with E-state index in [2.05, 4.69) is 29.3 Å². The van der Waals surface area contributed by atoms with Gasteiger partial charge in [0.2, 0.25) is 11.8 Å². The Morgan fingerprint density at radius 2 is 1.35 bits per heavy atom. The summed E-state index contributed by atoms with van der Waals surface area (Å²) < 4.78 is 5.70. The van der Waals surface area contributed by atoms with Gasteiger partial charge < -0.3 is 4.42 Å². The van der Waals surface area contributed by atoms with Gasteiger partial charge in [-0.3, -0.25) is 0 Å². The zero-order valence-corrected chi connectivity index (χ0v) is 11.8. The van der Waals surface area contributed by atoms with Gasteiger partial charge in [0.25, 0.3) is 0 Å². The summed E-state index contributed by atoms with van der Waals surface area (Å²) in [5, 5.41) is 8.85. The van der Waals surface area contributed by atoms with Crippen LogP contribution in [0, 0.1) is 0 Å². The highest BCUT2D eigenvalue weighted by Gasteiger charge is 2.10. The highest BCUT2D eigenvalue weighted by Crippen LogP contribution is 2.25. The van der Waals surface area contributed by atoms with Crippen LogP contribution >= 0.6 is 11.6 Å². The molecular weight excluding hydrogens is 272 g/mol. The first kappa shape index (κ1) is 12.9. The van der Waals surface area contributed by atoms with Crippen molar-refractivity contribution in [2.24, 2.45) is 0 Å². The molecule has 0 atom stereocenters. The molecule has 3 rings (SSSR count). The van der Waals surface area contributed by atoms with Crippen molar-refractivity contribution in [1.29, 1.82) is 0 Å². The van der Waals surface area contributed by atoms with Crippen LogP contribution in [0.15, 0.2) is 52.9 Å². The van der Waals surface area contributed by atoms with Crippen LogP contribution in [0.2, 0.25) is 5.02 Å². The fraction of sp³-hybridized carbons (Fsp3) is 0.125. The van der Waals surface area contributed by atoms with E-state index in [4.69, 9.17) is 16.0 Å². The Morgan fingerprint density at radius 3 is 1.85 bits per heavy atom. The topological polar surface area (TPSA) is 38.9 Å². The van der Waals surface area contributed by atoms with Crippen molar-refractivity contribution in [3.05, 3.63) is 59.1 Å². The summed E-state index contributed by atoms with van der Waals surface area (Å²) in [5.74, 6) is 1.02. The van der Waals surface area contributed by atoms with E-state index in [1.54, 1.807) is 12.1 Å². The summed E-state index contributed by atoms with van der Waals surface area (Å²) >= 11 is 5.86. The van der Waals surface area contributed by atoms with Crippen LogP contribution in [0.4, 0.5) is 0 Å². The van der Waals surface area contributed by atoms with Crippen molar-refractivity contribution < 1.29 is 4.42 Å². The lowest BCUT2D eigenvalue weighted by Gasteiger charge is -1.98. The van der Waals surface area contributed by atoms with Crippen LogP contribution < -0.4 is 0 Å². The van der Waals surface area contributed by atoms with Gasteiger partial charge in [-0.25, -0.2) is 0 Å². The molecule has 100 valence electrons. The molecule has 0 radical (unpaired) electrons. The van der Waals surface area contributed by atoms with Gasteiger partial charge in [0, 0.05) is 16.1 Å². The van der Waals surface area contributed by atoms with Crippen molar-refractivity contribution in [2.45, 2.75) is 13.3 Å². The van der Waals surface area contributed by atoms with Crippen molar-refractivity contribution in [1.82, 2.24) is 10.2 Å². The summed E-state index contributed by atoms with van der Waals surface area (Å²) in [7, 11) is 0. The van der Waals surface area contributed by atoms with E-state index in [-0.39, 0.29) is 0 Å². The van der Waals surface area contributed by atoms with Gasteiger partial charge in [-0.05, 0) is 48.4 Å². The third-order valence-corrected chi connectivity index (χ3v) is 3.38. The number of halogens is 1. The van der Waals surface area contributed by atoms with Crippen LogP contribution in [0.5, 0.6) is 0 Å². The van der Waals surface area contributed by atoms with Gasteiger partial charge in [0.05, 0.1) is 0 Å². The van der Waals surface area contributed by atoms with E-state index < -0.39 is 0 Å². The molecule has 0 unspecified atom stereocenters. The molecule has 3 aromatic rings. The Bertz CT molecular complexity index is 702. The molecule has 0 aliphatic rings. The second-order valence-electron chi connectivity index (χ2n) is 4.47. The average molecular weight is 285 g/mol. The summed E-state index contributed by atoms with van der Waals surface area (Å²) in [5.41, 5.74) is 3.07. The first-order valence-electron chi connectivity index (χ1n) is 6.45. The second kappa shape index (κ2) is 5.47. The first-order chi connectivity index (χ1) is 9.76. The monoisotopic (exact) mass is 284 g/mol. The van der Waals surface area contributed by atoms with Crippen molar-refractivity contribution in [3.63, 3.8) is 0 Å². The Morgan fingerprint density at radius 1 is 0.850 bits per heavy atom. The third-order valence-electron chi connectivity index (χ3n) is 3.13. The molecule has 0 aliphatic carbocycles. The molecule has 1 aromatic heterocycles. The molecule has 4 heteroatoms. The third kappa shape index (κ3) is 2.58. The molecule has 0 bridgehead atoms. The highest BCUT2D eigenvalue weighted by molar-refractivity contribution is 6.30. The summed E-state index contributed by atoms with van der Waals surface area (Å²) in [4.78, 5) is 0. The number of benzene rings is 2. The minimum absolute atomic E-state index is 0.497. The van der Waals surface area contributed by atoms with Crippen LogP contribution in [0.25, 0.3) is 22.9 Å². The first-order valence-corrected chi connectivity index (χ1v) is 6.83. The molecule has 0 spiro atoms. The Kier molecular flexibility index (Phi) is 3.52. The molecule has 0 saturated heterocycles. The van der Waals surface area contributed by atoms with Gasteiger partial charge in [-0.1, -0.05) is 30.7 Å². The molecule has 0 saturated carbocycles. The lowest BCUT2D eigenvalue weighted by molar-refractivity contribution is 0.584. The number of hydrogen-bond donors (Lipinski definition) is 0.